The molecule has 0 fully saturated rings. The number of furan rings is 1. The van der Waals surface area contributed by atoms with Gasteiger partial charge in [0.25, 0.3) is 0 Å². The molecule has 1 heterocycles. The van der Waals surface area contributed by atoms with E-state index in [0.29, 0.717) is 17.3 Å². The van der Waals surface area contributed by atoms with E-state index in [4.69, 9.17) is 4.42 Å². The van der Waals surface area contributed by atoms with E-state index in [1.807, 2.05) is 18.2 Å². The maximum Gasteiger partial charge on any atom is 0.372 e. The van der Waals surface area contributed by atoms with E-state index in [1.165, 1.54) is 0 Å². The number of hydrogen-bond donors (Lipinski definition) is 1. The summed E-state index contributed by atoms with van der Waals surface area (Å²) < 4.78 is 5.41. The van der Waals surface area contributed by atoms with E-state index >= 15 is 0 Å². The van der Waals surface area contributed by atoms with Crippen LogP contribution in [-0.2, 0) is 5.75 Å². The molecule has 1 aromatic carbocycles. The van der Waals surface area contributed by atoms with Gasteiger partial charge in [-0.3, -0.25) is 0 Å². The van der Waals surface area contributed by atoms with Crippen LogP contribution in [0.4, 0.5) is 0 Å². The summed E-state index contributed by atoms with van der Waals surface area (Å²) in [6.45, 7) is 4.30. The molecule has 0 aliphatic carbocycles. The van der Waals surface area contributed by atoms with Gasteiger partial charge in [0.15, 0.2) is 0 Å². The lowest BCUT2D eigenvalue weighted by molar-refractivity contribution is 0.0664. The fourth-order valence-corrected chi connectivity index (χ4v) is 2.89. The summed E-state index contributed by atoms with van der Waals surface area (Å²) in [6.07, 6.45) is 0. The summed E-state index contributed by atoms with van der Waals surface area (Å²) in [5, 5.41) is 10.1. The minimum absolute atomic E-state index is 0.0763. The zero-order chi connectivity index (χ0) is 13.1. The molecule has 0 saturated carbocycles. The molecular formula is C14H16O3S. The van der Waals surface area contributed by atoms with Crippen LogP contribution in [0.3, 0.4) is 0 Å². The summed E-state index contributed by atoms with van der Waals surface area (Å²) in [5.74, 6) is 1.37. The molecule has 0 radical (unpaired) electrons. The van der Waals surface area contributed by atoms with E-state index in [2.05, 4.69) is 13.8 Å². The Morgan fingerprint density at radius 1 is 1.39 bits per heavy atom. The Hall–Kier alpha value is -1.42. The van der Waals surface area contributed by atoms with Crippen molar-refractivity contribution in [1.29, 1.82) is 0 Å². The third kappa shape index (κ3) is 2.70. The van der Waals surface area contributed by atoms with Crippen LogP contribution >= 0.6 is 11.8 Å². The lowest BCUT2D eigenvalue weighted by atomic mass is 10.1. The van der Waals surface area contributed by atoms with E-state index in [0.717, 1.165) is 16.7 Å². The molecule has 0 bridgehead atoms. The molecule has 0 amide bonds. The summed E-state index contributed by atoms with van der Waals surface area (Å²) in [6, 6.07) is 7.47. The molecule has 2 rings (SSSR count). The molecule has 18 heavy (non-hydrogen) atoms. The van der Waals surface area contributed by atoms with Gasteiger partial charge in [-0.05, 0) is 17.7 Å². The molecule has 0 atom stereocenters. The molecule has 2 aromatic rings. The molecule has 0 spiro atoms. The van der Waals surface area contributed by atoms with Gasteiger partial charge >= 0.3 is 5.97 Å². The highest BCUT2D eigenvalue weighted by Gasteiger charge is 2.19. The van der Waals surface area contributed by atoms with Crippen LogP contribution in [0.15, 0.2) is 28.7 Å². The van der Waals surface area contributed by atoms with Crippen LogP contribution in [0.5, 0.6) is 0 Å². The van der Waals surface area contributed by atoms with Crippen molar-refractivity contribution in [2.24, 2.45) is 5.92 Å². The van der Waals surface area contributed by atoms with Crippen molar-refractivity contribution in [3.05, 3.63) is 35.6 Å². The number of carboxylic acids is 1. The monoisotopic (exact) mass is 264 g/mol. The number of para-hydroxylation sites is 1. The molecule has 0 aliphatic rings. The minimum Gasteiger partial charge on any atom is -0.475 e. The minimum atomic E-state index is -0.994. The Balaban J connectivity index is 2.33. The largest absolute Gasteiger partial charge is 0.475 e. The third-order valence-electron chi connectivity index (χ3n) is 2.59. The summed E-state index contributed by atoms with van der Waals surface area (Å²) >= 11 is 1.74. The van der Waals surface area contributed by atoms with Gasteiger partial charge in [-0.2, -0.15) is 11.8 Å². The average Bonchev–Trinajstić information content (AvgIpc) is 2.68. The Morgan fingerprint density at radius 2 is 2.11 bits per heavy atom. The molecule has 0 saturated heterocycles. The molecule has 1 N–H and O–H groups in total. The lowest BCUT2D eigenvalue weighted by Crippen LogP contribution is -1.99. The molecule has 3 nitrogen and oxygen atoms in total. The Labute approximate surface area is 110 Å². The van der Waals surface area contributed by atoms with Crippen molar-refractivity contribution in [1.82, 2.24) is 0 Å². The molecule has 0 aliphatic heterocycles. The van der Waals surface area contributed by atoms with Crippen molar-refractivity contribution in [2.45, 2.75) is 19.6 Å². The number of carbonyl (C=O) groups is 1. The van der Waals surface area contributed by atoms with Crippen LogP contribution in [0.1, 0.15) is 30.0 Å². The first-order chi connectivity index (χ1) is 8.59. The van der Waals surface area contributed by atoms with Crippen LogP contribution in [-0.4, -0.2) is 16.8 Å². The van der Waals surface area contributed by atoms with Gasteiger partial charge in [-0.25, -0.2) is 4.79 Å². The first-order valence-corrected chi connectivity index (χ1v) is 7.06. The van der Waals surface area contributed by atoms with Gasteiger partial charge in [0.05, 0.1) is 0 Å². The Bertz CT molecular complexity index is 557. The van der Waals surface area contributed by atoms with Gasteiger partial charge < -0.3 is 9.52 Å². The lowest BCUT2D eigenvalue weighted by Gasteiger charge is -2.04. The smallest absolute Gasteiger partial charge is 0.372 e. The number of benzene rings is 1. The zero-order valence-corrected chi connectivity index (χ0v) is 11.3. The number of aromatic carboxylic acids is 1. The Morgan fingerprint density at radius 3 is 2.78 bits per heavy atom. The Kier molecular flexibility index (Phi) is 3.97. The first-order valence-electron chi connectivity index (χ1n) is 5.91. The van der Waals surface area contributed by atoms with E-state index < -0.39 is 5.97 Å². The van der Waals surface area contributed by atoms with Gasteiger partial charge in [-0.1, -0.05) is 32.0 Å². The predicted octanol–water partition coefficient (Wildman–Crippen LogP) is 4.02. The molecule has 0 unspecified atom stereocenters. The standard InChI is InChI=1S/C14H16O3S/c1-9(2)7-18-8-11-10-5-3-4-6-12(10)17-13(11)14(15)16/h3-6,9H,7-8H2,1-2H3,(H,15,16). The fraction of sp³-hybridized carbons (Fsp3) is 0.357. The highest BCUT2D eigenvalue weighted by Crippen LogP contribution is 2.29. The van der Waals surface area contributed by atoms with E-state index in [1.54, 1.807) is 17.8 Å². The topological polar surface area (TPSA) is 50.4 Å². The highest BCUT2D eigenvalue weighted by molar-refractivity contribution is 7.98. The second-order valence-corrected chi connectivity index (χ2v) is 5.65. The predicted molar refractivity (Wildman–Crippen MR) is 74.2 cm³/mol. The summed E-state index contributed by atoms with van der Waals surface area (Å²) in [5.41, 5.74) is 1.44. The summed E-state index contributed by atoms with van der Waals surface area (Å²) in [4.78, 5) is 11.2. The normalized spacial score (nSPS) is 11.3. The number of thioether (sulfide) groups is 1. The molecule has 1 aromatic heterocycles. The number of hydrogen-bond acceptors (Lipinski definition) is 3. The van der Waals surface area contributed by atoms with Crippen molar-refractivity contribution in [2.75, 3.05) is 5.75 Å². The average molecular weight is 264 g/mol. The highest BCUT2D eigenvalue weighted by atomic mass is 32.2. The van der Waals surface area contributed by atoms with Crippen molar-refractivity contribution < 1.29 is 14.3 Å². The molecule has 96 valence electrons. The number of rotatable bonds is 5. The van der Waals surface area contributed by atoms with Crippen LogP contribution < -0.4 is 0 Å². The third-order valence-corrected chi connectivity index (χ3v) is 3.99. The second kappa shape index (κ2) is 5.48. The van der Waals surface area contributed by atoms with Crippen molar-refractivity contribution in [3.8, 4) is 0 Å². The number of fused-ring (bicyclic) bond motifs is 1. The SMILES string of the molecule is CC(C)CSCc1c(C(=O)O)oc2ccccc12. The maximum absolute atomic E-state index is 11.2. The van der Waals surface area contributed by atoms with E-state index in [-0.39, 0.29) is 5.76 Å². The van der Waals surface area contributed by atoms with Crippen LogP contribution in [0, 0.1) is 5.92 Å². The van der Waals surface area contributed by atoms with Gasteiger partial charge in [0.2, 0.25) is 5.76 Å². The van der Waals surface area contributed by atoms with Gasteiger partial charge in [0.1, 0.15) is 5.58 Å². The van der Waals surface area contributed by atoms with E-state index in [9.17, 15) is 9.90 Å². The van der Waals surface area contributed by atoms with Crippen molar-refractivity contribution >= 4 is 28.7 Å². The first kappa shape index (κ1) is 13.0. The fourth-order valence-electron chi connectivity index (χ4n) is 1.81. The molecular weight excluding hydrogens is 248 g/mol. The maximum atomic E-state index is 11.2. The quantitative estimate of drug-likeness (QED) is 0.886. The zero-order valence-electron chi connectivity index (χ0n) is 10.5. The number of carboxylic acid groups (broad SMARTS) is 1. The summed E-state index contributed by atoms with van der Waals surface area (Å²) in [7, 11) is 0. The molecule has 4 heteroatoms. The van der Waals surface area contributed by atoms with Gasteiger partial charge in [0, 0.05) is 16.7 Å². The van der Waals surface area contributed by atoms with Crippen molar-refractivity contribution in [3.63, 3.8) is 0 Å². The van der Waals surface area contributed by atoms with Crippen LogP contribution in [0.2, 0.25) is 0 Å². The van der Waals surface area contributed by atoms with Gasteiger partial charge in [-0.15, -0.1) is 0 Å². The second-order valence-electron chi connectivity index (χ2n) is 4.62. The van der Waals surface area contributed by atoms with Crippen LogP contribution in [0.25, 0.3) is 11.0 Å².